The molecule has 0 radical (unpaired) electrons. The first kappa shape index (κ1) is 14.4. The number of carboxylic acid groups (broad SMARTS) is 1. The lowest BCUT2D eigenvalue weighted by Crippen LogP contribution is -2.36. The number of hydrogen-bond donors (Lipinski definition) is 1. The van der Waals surface area contributed by atoms with Crippen LogP contribution in [0.1, 0.15) is 31.7 Å². The van der Waals surface area contributed by atoms with E-state index in [2.05, 4.69) is 0 Å². The number of aliphatic carboxylic acids is 1. The van der Waals surface area contributed by atoms with E-state index < -0.39 is 28.8 Å². The van der Waals surface area contributed by atoms with Crippen LogP contribution >= 0.6 is 0 Å². The van der Waals surface area contributed by atoms with Gasteiger partial charge in [0.2, 0.25) is 0 Å². The van der Waals surface area contributed by atoms with Crippen LogP contribution in [-0.2, 0) is 9.59 Å². The third kappa shape index (κ3) is 2.24. The summed E-state index contributed by atoms with van der Waals surface area (Å²) in [4.78, 5) is 23.8. The van der Waals surface area contributed by atoms with Crippen LogP contribution in [0.3, 0.4) is 0 Å². The largest absolute Gasteiger partial charge is 0.480 e. The Morgan fingerprint density at radius 1 is 1.30 bits per heavy atom. The van der Waals surface area contributed by atoms with Gasteiger partial charge in [-0.25, -0.2) is 8.78 Å². The average Bonchev–Trinajstić information content (AvgIpc) is 2.67. The van der Waals surface area contributed by atoms with Crippen molar-refractivity contribution in [2.75, 3.05) is 0 Å². The van der Waals surface area contributed by atoms with Gasteiger partial charge < -0.3 is 5.11 Å². The van der Waals surface area contributed by atoms with Crippen molar-refractivity contribution in [3.63, 3.8) is 0 Å². The van der Waals surface area contributed by atoms with E-state index in [1.165, 1.54) is 6.08 Å². The molecule has 1 N–H and O–H groups in total. The van der Waals surface area contributed by atoms with E-state index in [1.54, 1.807) is 6.92 Å². The highest BCUT2D eigenvalue weighted by Gasteiger charge is 2.49. The van der Waals surface area contributed by atoms with Gasteiger partial charge >= 0.3 is 5.97 Å². The molecule has 0 saturated heterocycles. The average molecular weight is 280 g/mol. The maximum Gasteiger partial charge on any atom is 0.317 e. The Bertz CT molecular complexity index is 587. The number of carbonyl (C=O) groups excluding carboxylic acids is 1. The molecule has 106 valence electrons. The molecular formula is C15H14F2O3. The van der Waals surface area contributed by atoms with Crippen LogP contribution in [0, 0.1) is 17.0 Å². The number of carbonyl (C=O) groups is 2. The minimum Gasteiger partial charge on any atom is -0.480 e. The van der Waals surface area contributed by atoms with E-state index >= 15 is 0 Å². The topological polar surface area (TPSA) is 54.4 Å². The van der Waals surface area contributed by atoms with Crippen molar-refractivity contribution >= 4 is 17.3 Å². The van der Waals surface area contributed by atoms with Crippen molar-refractivity contribution in [3.05, 3.63) is 41.5 Å². The van der Waals surface area contributed by atoms with Gasteiger partial charge in [-0.2, -0.15) is 0 Å². The number of carboxylic acids is 1. The van der Waals surface area contributed by atoms with Crippen LogP contribution in [-0.4, -0.2) is 16.9 Å². The Morgan fingerprint density at radius 2 is 1.90 bits per heavy atom. The fourth-order valence-electron chi connectivity index (χ4n) is 2.61. The SMILES string of the molecule is CCCC1(C(=O)O)CC=C(c2cc(F)cc(F)c2)C1=O. The van der Waals surface area contributed by atoms with Crippen molar-refractivity contribution in [1.29, 1.82) is 0 Å². The molecule has 1 aromatic carbocycles. The van der Waals surface area contributed by atoms with Crippen LogP contribution in [0.5, 0.6) is 0 Å². The summed E-state index contributed by atoms with van der Waals surface area (Å²) in [7, 11) is 0. The summed E-state index contributed by atoms with van der Waals surface area (Å²) >= 11 is 0. The van der Waals surface area contributed by atoms with E-state index in [0.29, 0.717) is 12.5 Å². The van der Waals surface area contributed by atoms with Crippen molar-refractivity contribution in [3.8, 4) is 0 Å². The molecule has 1 aromatic rings. The lowest BCUT2D eigenvalue weighted by Gasteiger charge is -2.22. The van der Waals surface area contributed by atoms with Crippen molar-refractivity contribution in [2.24, 2.45) is 5.41 Å². The van der Waals surface area contributed by atoms with Gasteiger partial charge in [0.15, 0.2) is 5.78 Å². The highest BCUT2D eigenvalue weighted by molar-refractivity contribution is 6.31. The van der Waals surface area contributed by atoms with E-state index in [0.717, 1.165) is 12.1 Å². The van der Waals surface area contributed by atoms with Gasteiger partial charge in [-0.05, 0) is 30.5 Å². The monoisotopic (exact) mass is 280 g/mol. The van der Waals surface area contributed by atoms with Crippen LogP contribution in [0.4, 0.5) is 8.78 Å². The molecule has 1 unspecified atom stereocenters. The Balaban J connectivity index is 2.42. The summed E-state index contributed by atoms with van der Waals surface area (Å²) < 4.78 is 26.4. The zero-order valence-corrected chi connectivity index (χ0v) is 11.0. The number of allylic oxidation sites excluding steroid dienone is 2. The first-order valence-electron chi connectivity index (χ1n) is 6.35. The van der Waals surface area contributed by atoms with Crippen LogP contribution < -0.4 is 0 Å². The molecule has 1 aliphatic rings. The Morgan fingerprint density at radius 3 is 2.40 bits per heavy atom. The van der Waals surface area contributed by atoms with Gasteiger partial charge in [-0.3, -0.25) is 9.59 Å². The van der Waals surface area contributed by atoms with Crippen LogP contribution in [0.2, 0.25) is 0 Å². The number of ketones is 1. The summed E-state index contributed by atoms with van der Waals surface area (Å²) in [5.41, 5.74) is -1.32. The van der Waals surface area contributed by atoms with E-state index in [-0.39, 0.29) is 24.0 Å². The first-order valence-corrected chi connectivity index (χ1v) is 6.35. The summed E-state index contributed by atoms with van der Waals surface area (Å²) in [6.45, 7) is 1.79. The minimum atomic E-state index is -1.49. The van der Waals surface area contributed by atoms with Gasteiger partial charge in [0, 0.05) is 11.6 Å². The van der Waals surface area contributed by atoms with E-state index in [9.17, 15) is 23.5 Å². The normalized spacial score (nSPS) is 21.9. The van der Waals surface area contributed by atoms with Gasteiger partial charge in [0.1, 0.15) is 17.0 Å². The molecule has 1 aliphatic carbocycles. The first-order chi connectivity index (χ1) is 9.40. The predicted octanol–water partition coefficient (Wildman–Crippen LogP) is 3.19. The van der Waals surface area contributed by atoms with Crippen molar-refractivity contribution in [2.45, 2.75) is 26.2 Å². The minimum absolute atomic E-state index is 0.0580. The zero-order valence-electron chi connectivity index (χ0n) is 11.0. The predicted molar refractivity (Wildman–Crippen MR) is 68.9 cm³/mol. The highest BCUT2D eigenvalue weighted by Crippen LogP contribution is 2.42. The highest BCUT2D eigenvalue weighted by atomic mass is 19.1. The molecule has 5 heteroatoms. The molecule has 2 rings (SSSR count). The van der Waals surface area contributed by atoms with Crippen LogP contribution in [0.25, 0.3) is 5.57 Å². The fraction of sp³-hybridized carbons (Fsp3) is 0.333. The quantitative estimate of drug-likeness (QED) is 0.862. The number of hydrogen-bond acceptors (Lipinski definition) is 2. The molecule has 1 atom stereocenters. The third-order valence-electron chi connectivity index (χ3n) is 3.59. The van der Waals surface area contributed by atoms with Crippen LogP contribution in [0.15, 0.2) is 24.3 Å². The second-order valence-electron chi connectivity index (χ2n) is 4.95. The van der Waals surface area contributed by atoms with Gasteiger partial charge in [0.25, 0.3) is 0 Å². The van der Waals surface area contributed by atoms with Crippen molar-refractivity contribution in [1.82, 2.24) is 0 Å². The summed E-state index contributed by atoms with van der Waals surface area (Å²) in [5, 5.41) is 9.34. The maximum absolute atomic E-state index is 13.2. The molecule has 0 saturated carbocycles. The molecular weight excluding hydrogens is 266 g/mol. The lowest BCUT2D eigenvalue weighted by atomic mass is 9.78. The molecule has 0 bridgehead atoms. The zero-order chi connectivity index (χ0) is 14.9. The standard InChI is InChI=1S/C15H14F2O3/c1-2-4-15(14(19)20)5-3-12(13(15)18)9-6-10(16)8-11(17)7-9/h3,6-8H,2,4-5H2,1H3,(H,19,20). The fourth-order valence-corrected chi connectivity index (χ4v) is 2.61. The lowest BCUT2D eigenvalue weighted by molar-refractivity contribution is -0.152. The van der Waals surface area contributed by atoms with Gasteiger partial charge in [-0.15, -0.1) is 0 Å². The van der Waals surface area contributed by atoms with E-state index in [1.807, 2.05) is 0 Å². The number of halogens is 2. The van der Waals surface area contributed by atoms with E-state index in [4.69, 9.17) is 0 Å². The molecule has 0 aromatic heterocycles. The Hall–Kier alpha value is -2.04. The smallest absolute Gasteiger partial charge is 0.317 e. The number of Topliss-reactive ketones (excluding diaryl/α,β-unsaturated/α-hetero) is 1. The maximum atomic E-state index is 13.2. The Kier molecular flexibility index (Phi) is 3.70. The third-order valence-corrected chi connectivity index (χ3v) is 3.59. The van der Waals surface area contributed by atoms with Crippen molar-refractivity contribution < 1.29 is 23.5 Å². The molecule has 3 nitrogen and oxygen atoms in total. The second-order valence-corrected chi connectivity index (χ2v) is 4.95. The number of benzene rings is 1. The summed E-state index contributed by atoms with van der Waals surface area (Å²) in [5.74, 6) is -3.35. The second kappa shape index (κ2) is 5.15. The van der Waals surface area contributed by atoms with Gasteiger partial charge in [-0.1, -0.05) is 19.4 Å². The Labute approximate surface area is 114 Å². The molecule has 0 amide bonds. The summed E-state index contributed by atoms with van der Waals surface area (Å²) in [6, 6.07) is 2.79. The molecule has 20 heavy (non-hydrogen) atoms. The summed E-state index contributed by atoms with van der Waals surface area (Å²) in [6.07, 6.45) is 2.26. The number of rotatable bonds is 4. The van der Waals surface area contributed by atoms with Gasteiger partial charge in [0.05, 0.1) is 0 Å². The molecule has 0 heterocycles. The molecule has 0 spiro atoms. The molecule has 0 fully saturated rings. The molecule has 0 aliphatic heterocycles.